The van der Waals surface area contributed by atoms with Gasteiger partial charge in [-0.1, -0.05) is 94.4 Å². The maximum absolute atomic E-state index is 14.2. The molecule has 0 fully saturated rings. The number of benzene rings is 3. The van der Waals surface area contributed by atoms with E-state index in [2.05, 4.69) is 52.0 Å². The molecule has 3 aromatic rings. The van der Waals surface area contributed by atoms with Crippen molar-refractivity contribution in [1.29, 1.82) is 0 Å². The Morgan fingerprint density at radius 3 is 1.98 bits per heavy atom. The van der Waals surface area contributed by atoms with Gasteiger partial charge in [-0.15, -0.1) is 0 Å². The van der Waals surface area contributed by atoms with Crippen molar-refractivity contribution in [3.63, 3.8) is 0 Å². The molecule has 1 N–H and O–H groups in total. The summed E-state index contributed by atoms with van der Waals surface area (Å²) >= 11 is 0. The van der Waals surface area contributed by atoms with Crippen LogP contribution < -0.4 is 9.47 Å². The zero-order valence-electron chi connectivity index (χ0n) is 33.2. The van der Waals surface area contributed by atoms with Crippen molar-refractivity contribution in [3.8, 4) is 11.5 Å². The van der Waals surface area contributed by atoms with Crippen LogP contribution in [0.25, 0.3) is 0 Å². The van der Waals surface area contributed by atoms with E-state index in [1.807, 2.05) is 75.4 Å². The Morgan fingerprint density at radius 2 is 1.40 bits per heavy atom. The minimum Gasteiger partial charge on any atom is -0.493 e. The number of nitrogens with zero attached hydrogens (tertiary/aromatic N) is 1. The Bertz CT molecular complexity index is 1420. The van der Waals surface area contributed by atoms with Crippen molar-refractivity contribution in [2.24, 2.45) is 23.7 Å². The van der Waals surface area contributed by atoms with Gasteiger partial charge in [0, 0.05) is 26.7 Å². The van der Waals surface area contributed by atoms with Gasteiger partial charge in [0.1, 0.15) is 5.60 Å². The lowest BCUT2D eigenvalue weighted by Gasteiger charge is -2.40. The van der Waals surface area contributed by atoms with Gasteiger partial charge in [0.15, 0.2) is 11.5 Å². The Balaban J connectivity index is 1.96. The van der Waals surface area contributed by atoms with Crippen LogP contribution in [0.1, 0.15) is 84.4 Å². The fourth-order valence-electron chi connectivity index (χ4n) is 6.36. The molecule has 8 heteroatoms. The van der Waals surface area contributed by atoms with E-state index in [9.17, 15) is 9.90 Å². The lowest BCUT2D eigenvalue weighted by atomic mass is 9.80. The van der Waals surface area contributed by atoms with Gasteiger partial charge in [0.05, 0.1) is 39.1 Å². The number of hydrogen-bond acceptors (Lipinski definition) is 7. The van der Waals surface area contributed by atoms with Crippen LogP contribution in [0.15, 0.2) is 78.9 Å². The molecule has 0 aliphatic carbocycles. The van der Waals surface area contributed by atoms with Crippen molar-refractivity contribution < 1.29 is 33.6 Å². The third-order valence-corrected chi connectivity index (χ3v) is 9.56. The minimum absolute atomic E-state index is 0.0790. The molecule has 288 valence electrons. The molecule has 0 saturated carbocycles. The summed E-state index contributed by atoms with van der Waals surface area (Å²) in [5, 5.41) is 12.3. The number of carbonyl (C=O) groups excluding carboxylic acids is 1. The summed E-state index contributed by atoms with van der Waals surface area (Å²) in [5.41, 5.74) is 2.50. The number of amides is 1. The lowest BCUT2D eigenvalue weighted by Crippen LogP contribution is -2.50. The van der Waals surface area contributed by atoms with E-state index in [4.69, 9.17) is 23.7 Å². The van der Waals surface area contributed by atoms with E-state index < -0.39 is 23.8 Å². The fourth-order valence-corrected chi connectivity index (χ4v) is 6.36. The quantitative estimate of drug-likeness (QED) is 0.104. The summed E-state index contributed by atoms with van der Waals surface area (Å²) in [6.07, 6.45) is 1.32. The molecule has 0 spiro atoms. The second-order valence-corrected chi connectivity index (χ2v) is 15.6. The summed E-state index contributed by atoms with van der Waals surface area (Å²) in [6, 6.07) is 25.7. The van der Waals surface area contributed by atoms with Crippen molar-refractivity contribution >= 4 is 6.09 Å². The van der Waals surface area contributed by atoms with Crippen LogP contribution in [-0.2, 0) is 33.8 Å². The molecule has 0 unspecified atom stereocenters. The Kier molecular flexibility index (Phi) is 18.0. The highest BCUT2D eigenvalue weighted by Crippen LogP contribution is 2.34. The first kappa shape index (κ1) is 42.8. The second kappa shape index (κ2) is 21.8. The number of aliphatic hydroxyl groups is 1. The van der Waals surface area contributed by atoms with E-state index in [-0.39, 0.29) is 23.7 Å². The Morgan fingerprint density at radius 1 is 0.769 bits per heavy atom. The highest BCUT2D eigenvalue weighted by molar-refractivity contribution is 5.68. The third-order valence-electron chi connectivity index (χ3n) is 9.56. The van der Waals surface area contributed by atoms with Gasteiger partial charge in [0.2, 0.25) is 0 Å². The summed E-state index contributed by atoms with van der Waals surface area (Å²) in [4.78, 5) is 15.9. The first-order valence-corrected chi connectivity index (χ1v) is 18.9. The van der Waals surface area contributed by atoms with Crippen LogP contribution in [0.5, 0.6) is 11.5 Å². The van der Waals surface area contributed by atoms with Gasteiger partial charge >= 0.3 is 6.09 Å². The van der Waals surface area contributed by atoms with Crippen LogP contribution in [0, 0.1) is 23.7 Å². The first-order chi connectivity index (χ1) is 24.8. The summed E-state index contributed by atoms with van der Waals surface area (Å²) in [5.74, 6) is 2.11. The molecule has 0 aromatic heterocycles. The maximum Gasteiger partial charge on any atom is 0.410 e. The molecule has 3 aromatic carbocycles. The standard InChI is InChI=1S/C44H65NO7/c1-32(2)37(25-36-21-22-41(49-9)42(26-36)51-24-16-23-48-8)27-39(45(43(47)52-44(5,6)7)29-34-17-12-10-13-18-34)40(46)28-38(33(3)4)31-50-30-35-19-14-11-15-20-35/h10-15,17-22,26,32-33,37-40,46H,16,23-25,27-31H2,1-9H3/t37-,38+,39-,40+/m0/s1. The summed E-state index contributed by atoms with van der Waals surface area (Å²) in [6.45, 7) is 16.9. The number of carbonyl (C=O) groups is 1. The average molecular weight is 720 g/mol. The summed E-state index contributed by atoms with van der Waals surface area (Å²) < 4.78 is 29.2. The molecular formula is C44H65NO7. The predicted octanol–water partition coefficient (Wildman–Crippen LogP) is 9.36. The normalized spacial score (nSPS) is 14.2. The van der Waals surface area contributed by atoms with Gasteiger partial charge < -0.3 is 28.8 Å². The van der Waals surface area contributed by atoms with Crippen LogP contribution in [0.4, 0.5) is 4.79 Å². The zero-order chi connectivity index (χ0) is 38.1. The van der Waals surface area contributed by atoms with Gasteiger partial charge in [0.25, 0.3) is 0 Å². The largest absolute Gasteiger partial charge is 0.493 e. The zero-order valence-corrected chi connectivity index (χ0v) is 33.2. The number of rotatable bonds is 22. The van der Waals surface area contributed by atoms with Crippen LogP contribution in [-0.4, -0.2) is 67.9 Å². The number of aliphatic hydroxyl groups excluding tert-OH is 1. The van der Waals surface area contributed by atoms with Gasteiger partial charge in [-0.2, -0.15) is 0 Å². The molecule has 0 saturated heterocycles. The smallest absolute Gasteiger partial charge is 0.410 e. The molecule has 8 nitrogen and oxygen atoms in total. The van der Waals surface area contributed by atoms with Crippen LogP contribution in [0.3, 0.4) is 0 Å². The molecule has 0 heterocycles. The van der Waals surface area contributed by atoms with Gasteiger partial charge in [-0.25, -0.2) is 4.79 Å². The Hall–Kier alpha value is -3.59. The predicted molar refractivity (Wildman–Crippen MR) is 209 cm³/mol. The summed E-state index contributed by atoms with van der Waals surface area (Å²) in [7, 11) is 3.33. The molecule has 1 amide bonds. The fraction of sp³-hybridized carbons (Fsp3) is 0.568. The first-order valence-electron chi connectivity index (χ1n) is 18.9. The van der Waals surface area contributed by atoms with Gasteiger partial charge in [-0.05, 0) is 92.5 Å². The number of hydrogen-bond donors (Lipinski definition) is 1. The van der Waals surface area contributed by atoms with Crippen LogP contribution in [0.2, 0.25) is 0 Å². The topological polar surface area (TPSA) is 86.7 Å². The van der Waals surface area contributed by atoms with Crippen molar-refractivity contribution in [2.45, 2.75) is 105 Å². The molecule has 0 bridgehead atoms. The van der Waals surface area contributed by atoms with E-state index in [1.54, 1.807) is 19.1 Å². The van der Waals surface area contributed by atoms with Gasteiger partial charge in [-0.3, -0.25) is 4.90 Å². The third kappa shape index (κ3) is 14.8. The average Bonchev–Trinajstić information content (AvgIpc) is 3.10. The monoisotopic (exact) mass is 719 g/mol. The number of ether oxygens (including phenoxy) is 5. The molecule has 0 aliphatic heterocycles. The molecule has 3 rings (SSSR count). The molecule has 0 aliphatic rings. The minimum atomic E-state index is -0.819. The molecule has 0 radical (unpaired) electrons. The highest BCUT2D eigenvalue weighted by atomic mass is 16.6. The molecule has 4 atom stereocenters. The SMILES string of the molecule is COCCCOc1cc(C[C@@H](C[C@@H]([C@H](O)C[C@H](COCc2ccccc2)C(C)C)N(Cc2ccccc2)C(=O)OC(C)(C)C)C(C)C)ccc1OC. The second-order valence-electron chi connectivity index (χ2n) is 15.6. The van der Waals surface area contributed by atoms with Crippen LogP contribution >= 0.6 is 0 Å². The van der Waals surface area contributed by atoms with E-state index >= 15 is 0 Å². The van der Waals surface area contributed by atoms with Crippen molar-refractivity contribution in [2.75, 3.05) is 34.0 Å². The van der Waals surface area contributed by atoms with E-state index in [0.717, 1.165) is 29.5 Å². The van der Waals surface area contributed by atoms with E-state index in [1.165, 1.54) is 0 Å². The Labute approximate surface area is 313 Å². The van der Waals surface area contributed by atoms with E-state index in [0.29, 0.717) is 57.3 Å². The molecule has 52 heavy (non-hydrogen) atoms. The maximum atomic E-state index is 14.2. The van der Waals surface area contributed by atoms with Crippen molar-refractivity contribution in [3.05, 3.63) is 95.6 Å². The molecular weight excluding hydrogens is 654 g/mol. The van der Waals surface area contributed by atoms with Crippen molar-refractivity contribution in [1.82, 2.24) is 4.90 Å². The number of methoxy groups -OCH3 is 2. The lowest BCUT2D eigenvalue weighted by molar-refractivity contribution is -0.0290. The highest BCUT2D eigenvalue weighted by Gasteiger charge is 2.37.